The van der Waals surface area contributed by atoms with E-state index in [1.807, 2.05) is 24.4 Å². The van der Waals surface area contributed by atoms with Crippen LogP contribution in [0.4, 0.5) is 0 Å². The summed E-state index contributed by atoms with van der Waals surface area (Å²) in [5.41, 5.74) is 2.31. The number of fused-ring (bicyclic) bond motifs is 2. The fourth-order valence-corrected chi connectivity index (χ4v) is 4.72. The topological polar surface area (TPSA) is 54.5 Å². The van der Waals surface area contributed by atoms with Crippen LogP contribution in [0.25, 0.3) is 0 Å². The predicted molar refractivity (Wildman–Crippen MR) is 105 cm³/mol. The van der Waals surface area contributed by atoms with Gasteiger partial charge in [-0.2, -0.15) is 0 Å². The Morgan fingerprint density at radius 1 is 1.26 bits per heavy atom. The van der Waals surface area contributed by atoms with E-state index in [2.05, 4.69) is 33.4 Å². The Kier molecular flexibility index (Phi) is 4.82. The molecular weight excluding hydrogens is 362 g/mol. The third kappa shape index (κ3) is 2.99. The summed E-state index contributed by atoms with van der Waals surface area (Å²) in [5.74, 6) is 1.32. The van der Waals surface area contributed by atoms with Crippen molar-refractivity contribution in [3.8, 4) is 5.75 Å². The maximum Gasteiger partial charge on any atom is 0.227 e. The molecule has 3 atom stereocenters. The minimum atomic E-state index is -0.0176. The van der Waals surface area contributed by atoms with Crippen LogP contribution in [0.5, 0.6) is 5.75 Å². The molecule has 142 valence electrons. The molecule has 5 rings (SSSR count). The van der Waals surface area contributed by atoms with Crippen molar-refractivity contribution < 1.29 is 9.53 Å². The van der Waals surface area contributed by atoms with Gasteiger partial charge >= 0.3 is 0 Å². The van der Waals surface area contributed by atoms with E-state index in [4.69, 9.17) is 4.74 Å². The first kappa shape index (κ1) is 18.3. The van der Waals surface area contributed by atoms with Gasteiger partial charge in [0.15, 0.2) is 0 Å². The molecule has 2 fully saturated rings. The Labute approximate surface area is 165 Å². The van der Waals surface area contributed by atoms with Crippen molar-refractivity contribution in [3.63, 3.8) is 0 Å². The van der Waals surface area contributed by atoms with Gasteiger partial charge in [0.1, 0.15) is 5.75 Å². The molecule has 1 aromatic carbocycles. The quantitative estimate of drug-likeness (QED) is 0.863. The summed E-state index contributed by atoms with van der Waals surface area (Å²) in [6.45, 7) is 3.09. The van der Waals surface area contributed by atoms with Gasteiger partial charge in [-0.15, -0.1) is 12.4 Å². The summed E-state index contributed by atoms with van der Waals surface area (Å²) in [7, 11) is 0. The number of nitrogens with zero attached hydrogens (tertiary/aromatic N) is 2. The number of hydrogen-bond donors (Lipinski definition) is 1. The Hall–Kier alpha value is -2.11. The van der Waals surface area contributed by atoms with Gasteiger partial charge in [-0.05, 0) is 30.5 Å². The largest absolute Gasteiger partial charge is 0.493 e. The monoisotopic (exact) mass is 385 g/mol. The molecular formula is C21H24ClN3O2. The van der Waals surface area contributed by atoms with Gasteiger partial charge in [-0.25, -0.2) is 0 Å². The Morgan fingerprint density at radius 3 is 3.00 bits per heavy atom. The van der Waals surface area contributed by atoms with Crippen LogP contribution in [0, 0.1) is 5.92 Å². The first-order valence-electron chi connectivity index (χ1n) is 9.43. The summed E-state index contributed by atoms with van der Waals surface area (Å²) in [6, 6.07) is 12.3. The second-order valence-corrected chi connectivity index (χ2v) is 7.55. The lowest BCUT2D eigenvalue weighted by Gasteiger charge is -2.37. The lowest BCUT2D eigenvalue weighted by Crippen LogP contribution is -2.50. The van der Waals surface area contributed by atoms with Gasteiger partial charge in [0.05, 0.1) is 12.6 Å². The number of halogens is 1. The molecule has 0 bridgehead atoms. The molecule has 1 saturated carbocycles. The summed E-state index contributed by atoms with van der Waals surface area (Å²) in [4.78, 5) is 19.8. The van der Waals surface area contributed by atoms with Crippen LogP contribution in [0.3, 0.4) is 0 Å². The van der Waals surface area contributed by atoms with Crippen molar-refractivity contribution >= 4 is 18.3 Å². The van der Waals surface area contributed by atoms with Gasteiger partial charge in [0.2, 0.25) is 5.91 Å². The number of amides is 1. The van der Waals surface area contributed by atoms with Crippen LogP contribution in [0.1, 0.15) is 30.0 Å². The highest BCUT2D eigenvalue weighted by Gasteiger charge is 2.62. The number of nitrogens with one attached hydrogen (secondary N) is 1. The molecule has 6 heteroatoms. The zero-order valence-corrected chi connectivity index (χ0v) is 16.0. The second kappa shape index (κ2) is 7.13. The van der Waals surface area contributed by atoms with Crippen LogP contribution in [-0.4, -0.2) is 42.0 Å². The SMILES string of the molecule is Cl.O=C(C1CC12CCOc1ccccc12)N1CCNCC1c1cccnc1. The van der Waals surface area contributed by atoms with E-state index < -0.39 is 0 Å². The van der Waals surface area contributed by atoms with Crippen LogP contribution >= 0.6 is 12.4 Å². The van der Waals surface area contributed by atoms with E-state index in [1.165, 1.54) is 5.56 Å². The average Bonchev–Trinajstić information content (AvgIpc) is 3.43. The maximum absolute atomic E-state index is 13.5. The van der Waals surface area contributed by atoms with E-state index in [1.54, 1.807) is 6.20 Å². The highest BCUT2D eigenvalue weighted by molar-refractivity contribution is 5.86. The maximum atomic E-state index is 13.5. The molecule has 1 saturated heterocycles. The van der Waals surface area contributed by atoms with E-state index in [-0.39, 0.29) is 35.7 Å². The summed E-state index contributed by atoms with van der Waals surface area (Å²) in [6.07, 6.45) is 5.53. The molecule has 2 aliphatic heterocycles. The van der Waals surface area contributed by atoms with E-state index >= 15 is 0 Å². The van der Waals surface area contributed by atoms with Crippen molar-refractivity contribution in [2.45, 2.75) is 24.3 Å². The minimum Gasteiger partial charge on any atom is -0.493 e. The van der Waals surface area contributed by atoms with Crippen molar-refractivity contribution in [2.75, 3.05) is 26.2 Å². The van der Waals surface area contributed by atoms with Gasteiger partial charge in [-0.3, -0.25) is 9.78 Å². The smallest absolute Gasteiger partial charge is 0.227 e. The molecule has 1 amide bonds. The van der Waals surface area contributed by atoms with E-state index in [0.29, 0.717) is 6.61 Å². The molecule has 1 N–H and O–H groups in total. The molecule has 3 aliphatic rings. The Balaban J connectivity index is 0.00000180. The third-order valence-electron chi connectivity index (χ3n) is 6.20. The number of rotatable bonds is 2. The van der Waals surface area contributed by atoms with Crippen LogP contribution in [0.15, 0.2) is 48.8 Å². The number of para-hydroxylation sites is 1. The van der Waals surface area contributed by atoms with Gasteiger partial charge in [0.25, 0.3) is 0 Å². The fraction of sp³-hybridized carbons (Fsp3) is 0.429. The molecule has 5 nitrogen and oxygen atoms in total. The first-order chi connectivity index (χ1) is 12.8. The molecule has 27 heavy (non-hydrogen) atoms. The van der Waals surface area contributed by atoms with Crippen LogP contribution < -0.4 is 10.1 Å². The van der Waals surface area contributed by atoms with E-state index in [9.17, 15) is 4.79 Å². The van der Waals surface area contributed by atoms with Gasteiger partial charge in [0, 0.05) is 48.9 Å². The summed E-state index contributed by atoms with van der Waals surface area (Å²) >= 11 is 0. The lowest BCUT2D eigenvalue weighted by molar-refractivity contribution is -0.136. The first-order valence-corrected chi connectivity index (χ1v) is 9.43. The number of aromatic nitrogens is 1. The fourth-order valence-electron chi connectivity index (χ4n) is 4.72. The van der Waals surface area contributed by atoms with Crippen molar-refractivity contribution in [3.05, 3.63) is 59.9 Å². The normalized spacial score (nSPS) is 28.7. The molecule has 2 aromatic rings. The number of carbonyl (C=O) groups is 1. The molecule has 3 unspecified atom stereocenters. The summed E-state index contributed by atoms with van der Waals surface area (Å²) < 4.78 is 5.82. The standard InChI is InChI=1S/C21H23N3O2.ClH/c25-20(24-10-9-23-14-18(24)15-4-3-8-22-13-15)17-12-21(17)7-11-26-19-6-2-1-5-16(19)21;/h1-6,8,13,17-18,23H,7,9-12,14H2;1H. The second-order valence-electron chi connectivity index (χ2n) is 7.55. The van der Waals surface area contributed by atoms with Crippen molar-refractivity contribution in [1.29, 1.82) is 0 Å². The van der Waals surface area contributed by atoms with E-state index in [0.717, 1.165) is 43.8 Å². The highest BCUT2D eigenvalue weighted by Crippen LogP contribution is 2.61. The number of ether oxygens (including phenoxy) is 1. The molecule has 1 aromatic heterocycles. The number of benzene rings is 1. The minimum absolute atomic E-state index is 0. The zero-order chi connectivity index (χ0) is 17.6. The zero-order valence-electron chi connectivity index (χ0n) is 15.1. The Bertz CT molecular complexity index is 831. The molecule has 0 radical (unpaired) electrons. The van der Waals surface area contributed by atoms with Crippen molar-refractivity contribution in [2.24, 2.45) is 5.92 Å². The number of hydrogen-bond acceptors (Lipinski definition) is 4. The summed E-state index contributed by atoms with van der Waals surface area (Å²) in [5, 5.41) is 3.42. The number of carbonyl (C=O) groups excluding carboxylic acids is 1. The lowest BCUT2D eigenvalue weighted by atomic mass is 9.87. The Morgan fingerprint density at radius 2 is 2.15 bits per heavy atom. The molecule has 1 spiro atoms. The highest BCUT2D eigenvalue weighted by atomic mass is 35.5. The average molecular weight is 386 g/mol. The van der Waals surface area contributed by atoms with Crippen LogP contribution in [0.2, 0.25) is 0 Å². The number of piperazine rings is 1. The molecule has 3 heterocycles. The van der Waals surface area contributed by atoms with Gasteiger partial charge < -0.3 is 15.0 Å². The third-order valence-corrected chi connectivity index (χ3v) is 6.20. The predicted octanol–water partition coefficient (Wildman–Crippen LogP) is 2.72. The molecule has 1 aliphatic carbocycles. The van der Waals surface area contributed by atoms with Crippen molar-refractivity contribution in [1.82, 2.24) is 15.2 Å². The van der Waals surface area contributed by atoms with Gasteiger partial charge in [-0.1, -0.05) is 24.3 Å². The van der Waals surface area contributed by atoms with Crippen LogP contribution in [-0.2, 0) is 10.2 Å². The number of pyridine rings is 1.